The zero-order chi connectivity index (χ0) is 16.0. The van der Waals surface area contributed by atoms with Crippen LogP contribution in [0, 0.1) is 0 Å². The number of piperidine rings is 1. The van der Waals surface area contributed by atoms with Crippen molar-refractivity contribution in [3.63, 3.8) is 0 Å². The van der Waals surface area contributed by atoms with E-state index in [0.29, 0.717) is 6.10 Å². The second-order valence-corrected chi connectivity index (χ2v) is 6.71. The van der Waals surface area contributed by atoms with Crippen LogP contribution in [0.15, 0.2) is 37.0 Å². The van der Waals surface area contributed by atoms with E-state index in [1.807, 2.05) is 12.2 Å². The number of rotatable bonds is 6. The SMILES string of the molecule is C=C/C=C(\C=C)CCN1CCC2(CC1)CN(CC)CC(C)O2. The Kier molecular flexibility index (Phi) is 6.42. The van der Waals surface area contributed by atoms with Crippen LogP contribution in [0.4, 0.5) is 0 Å². The number of hydrogen-bond donors (Lipinski definition) is 0. The molecule has 2 saturated heterocycles. The van der Waals surface area contributed by atoms with Gasteiger partial charge in [0.25, 0.3) is 0 Å². The van der Waals surface area contributed by atoms with E-state index in [4.69, 9.17) is 4.74 Å². The molecule has 0 N–H and O–H groups in total. The van der Waals surface area contributed by atoms with Crippen LogP contribution in [-0.2, 0) is 4.74 Å². The maximum atomic E-state index is 6.37. The van der Waals surface area contributed by atoms with Gasteiger partial charge in [-0.05, 0) is 38.3 Å². The van der Waals surface area contributed by atoms with Crippen LogP contribution in [-0.4, -0.2) is 60.8 Å². The van der Waals surface area contributed by atoms with Crippen molar-refractivity contribution in [2.45, 2.75) is 44.8 Å². The molecule has 1 unspecified atom stereocenters. The van der Waals surface area contributed by atoms with Crippen LogP contribution in [0.2, 0.25) is 0 Å². The Morgan fingerprint density at radius 2 is 2.00 bits per heavy atom. The van der Waals surface area contributed by atoms with Crippen LogP contribution < -0.4 is 0 Å². The highest BCUT2D eigenvalue weighted by molar-refractivity contribution is 5.21. The molecular weight excluding hydrogens is 272 g/mol. The summed E-state index contributed by atoms with van der Waals surface area (Å²) in [6.45, 7) is 18.8. The van der Waals surface area contributed by atoms with E-state index in [0.717, 1.165) is 58.5 Å². The van der Waals surface area contributed by atoms with Gasteiger partial charge in [0.15, 0.2) is 0 Å². The predicted molar refractivity (Wildman–Crippen MR) is 94.2 cm³/mol. The highest BCUT2D eigenvalue weighted by atomic mass is 16.5. The second kappa shape index (κ2) is 8.09. The quantitative estimate of drug-likeness (QED) is 0.701. The fourth-order valence-electron chi connectivity index (χ4n) is 3.73. The van der Waals surface area contributed by atoms with E-state index in [1.54, 1.807) is 0 Å². The van der Waals surface area contributed by atoms with Crippen LogP contribution in [0.25, 0.3) is 0 Å². The summed E-state index contributed by atoms with van der Waals surface area (Å²) in [5, 5.41) is 0. The fourth-order valence-corrected chi connectivity index (χ4v) is 3.73. The molecule has 0 amide bonds. The van der Waals surface area contributed by atoms with Crippen molar-refractivity contribution < 1.29 is 4.74 Å². The van der Waals surface area contributed by atoms with Gasteiger partial charge in [0.1, 0.15) is 0 Å². The van der Waals surface area contributed by atoms with Crippen molar-refractivity contribution in [2.75, 3.05) is 39.3 Å². The molecule has 0 aromatic heterocycles. The molecule has 0 saturated carbocycles. The Bertz CT molecular complexity index is 408. The first kappa shape index (κ1) is 17.5. The zero-order valence-corrected chi connectivity index (χ0v) is 14.4. The normalized spacial score (nSPS) is 27.0. The first-order valence-electron chi connectivity index (χ1n) is 8.67. The van der Waals surface area contributed by atoms with Crippen molar-refractivity contribution in [1.29, 1.82) is 0 Å². The molecule has 2 rings (SSSR count). The van der Waals surface area contributed by atoms with Gasteiger partial charge in [-0.3, -0.25) is 4.90 Å². The predicted octanol–water partition coefficient (Wildman–Crippen LogP) is 3.25. The Morgan fingerprint density at radius 3 is 2.59 bits per heavy atom. The van der Waals surface area contributed by atoms with E-state index in [2.05, 4.69) is 42.9 Å². The third-order valence-corrected chi connectivity index (χ3v) is 5.00. The van der Waals surface area contributed by atoms with Crippen molar-refractivity contribution in [3.05, 3.63) is 37.0 Å². The minimum absolute atomic E-state index is 0.0996. The molecule has 22 heavy (non-hydrogen) atoms. The Morgan fingerprint density at radius 1 is 1.27 bits per heavy atom. The average molecular weight is 304 g/mol. The zero-order valence-electron chi connectivity index (χ0n) is 14.4. The van der Waals surface area contributed by atoms with Crippen LogP contribution in [0.3, 0.4) is 0 Å². The molecule has 3 heteroatoms. The largest absolute Gasteiger partial charge is 0.369 e. The Balaban J connectivity index is 1.83. The van der Waals surface area contributed by atoms with Crippen molar-refractivity contribution in [2.24, 2.45) is 0 Å². The lowest BCUT2D eigenvalue weighted by Gasteiger charge is -2.49. The second-order valence-electron chi connectivity index (χ2n) is 6.71. The lowest BCUT2D eigenvalue weighted by molar-refractivity contribution is -0.169. The van der Waals surface area contributed by atoms with Gasteiger partial charge in [-0.1, -0.05) is 38.3 Å². The molecule has 2 fully saturated rings. The van der Waals surface area contributed by atoms with Crippen molar-refractivity contribution >= 4 is 0 Å². The van der Waals surface area contributed by atoms with E-state index < -0.39 is 0 Å². The number of likely N-dealkylation sites (tertiary alicyclic amines) is 1. The van der Waals surface area contributed by atoms with Crippen LogP contribution in [0.1, 0.15) is 33.1 Å². The summed E-state index contributed by atoms with van der Waals surface area (Å²) in [6, 6.07) is 0. The van der Waals surface area contributed by atoms with Crippen LogP contribution in [0.5, 0.6) is 0 Å². The molecule has 0 aromatic carbocycles. The van der Waals surface area contributed by atoms with E-state index in [1.165, 1.54) is 5.57 Å². The third kappa shape index (κ3) is 4.55. The smallest absolute Gasteiger partial charge is 0.0837 e. The number of nitrogens with zero attached hydrogens (tertiary/aromatic N) is 2. The van der Waals surface area contributed by atoms with E-state index >= 15 is 0 Å². The van der Waals surface area contributed by atoms with Gasteiger partial charge in [-0.25, -0.2) is 0 Å². The molecule has 2 heterocycles. The van der Waals surface area contributed by atoms with Crippen molar-refractivity contribution in [3.8, 4) is 0 Å². The molecule has 3 nitrogen and oxygen atoms in total. The molecule has 124 valence electrons. The van der Waals surface area contributed by atoms with Gasteiger partial charge in [0.05, 0.1) is 11.7 Å². The van der Waals surface area contributed by atoms with Crippen molar-refractivity contribution in [1.82, 2.24) is 9.80 Å². The summed E-state index contributed by atoms with van der Waals surface area (Å²) in [5.41, 5.74) is 1.37. The van der Waals surface area contributed by atoms with Gasteiger partial charge in [0, 0.05) is 32.7 Å². The molecule has 0 aromatic rings. The minimum atomic E-state index is 0.0996. The highest BCUT2D eigenvalue weighted by Gasteiger charge is 2.41. The van der Waals surface area contributed by atoms with Gasteiger partial charge >= 0.3 is 0 Å². The van der Waals surface area contributed by atoms with Gasteiger partial charge < -0.3 is 9.64 Å². The average Bonchev–Trinajstić information content (AvgIpc) is 2.52. The fraction of sp³-hybridized carbons (Fsp3) is 0.684. The molecule has 1 atom stereocenters. The lowest BCUT2D eigenvalue weighted by atomic mass is 9.88. The molecule has 0 radical (unpaired) electrons. The summed E-state index contributed by atoms with van der Waals surface area (Å²) in [4.78, 5) is 5.11. The van der Waals surface area contributed by atoms with Gasteiger partial charge in [-0.2, -0.15) is 0 Å². The molecule has 0 aliphatic carbocycles. The maximum absolute atomic E-state index is 6.37. The maximum Gasteiger partial charge on any atom is 0.0837 e. The monoisotopic (exact) mass is 304 g/mol. The van der Waals surface area contributed by atoms with E-state index in [-0.39, 0.29) is 5.60 Å². The van der Waals surface area contributed by atoms with Gasteiger partial charge in [0.2, 0.25) is 0 Å². The standard InChI is InChI=1S/C19H32N2O/c1-5-8-18(6-2)9-12-21-13-10-19(11-14-21)16-20(7-3)15-17(4)22-19/h5-6,8,17H,1-2,7,9-16H2,3-4H3/b18-8+. The molecule has 1 spiro atoms. The Labute approximate surface area is 136 Å². The number of hydrogen-bond acceptors (Lipinski definition) is 3. The highest BCUT2D eigenvalue weighted by Crippen LogP contribution is 2.32. The summed E-state index contributed by atoms with van der Waals surface area (Å²) >= 11 is 0. The summed E-state index contributed by atoms with van der Waals surface area (Å²) in [6.07, 6.45) is 9.58. The molecular formula is C19H32N2O. The number of morpholine rings is 1. The summed E-state index contributed by atoms with van der Waals surface area (Å²) in [7, 11) is 0. The Hall–Kier alpha value is -0.900. The van der Waals surface area contributed by atoms with Crippen LogP contribution >= 0.6 is 0 Å². The lowest BCUT2D eigenvalue weighted by Crippen LogP contribution is -2.59. The molecule has 2 aliphatic heterocycles. The molecule has 2 aliphatic rings. The van der Waals surface area contributed by atoms with Gasteiger partial charge in [-0.15, -0.1) is 0 Å². The third-order valence-electron chi connectivity index (χ3n) is 5.00. The minimum Gasteiger partial charge on any atom is -0.369 e. The number of allylic oxidation sites excluding steroid dienone is 3. The summed E-state index contributed by atoms with van der Waals surface area (Å²) < 4.78 is 6.37. The molecule has 0 bridgehead atoms. The topological polar surface area (TPSA) is 15.7 Å². The van der Waals surface area contributed by atoms with E-state index in [9.17, 15) is 0 Å². The first-order chi connectivity index (χ1) is 10.6. The number of ether oxygens (including phenoxy) is 1. The first-order valence-corrected chi connectivity index (χ1v) is 8.67. The number of likely N-dealkylation sites (N-methyl/N-ethyl adjacent to an activating group) is 1. The summed E-state index contributed by atoms with van der Waals surface area (Å²) in [5.74, 6) is 0.